The Hall–Kier alpha value is -1.95. The van der Waals surface area contributed by atoms with Crippen LogP contribution in [0.3, 0.4) is 0 Å². The lowest BCUT2D eigenvalue weighted by Gasteiger charge is -2.04. The molecule has 0 bridgehead atoms. The fraction of sp³-hybridized carbons (Fsp3) is 0.357. The van der Waals surface area contributed by atoms with Crippen molar-refractivity contribution in [3.8, 4) is 0 Å². The lowest BCUT2D eigenvalue weighted by atomic mass is 10.3. The van der Waals surface area contributed by atoms with Gasteiger partial charge in [-0.1, -0.05) is 19.1 Å². The summed E-state index contributed by atoms with van der Waals surface area (Å²) in [6.45, 7) is 3.05. The Morgan fingerprint density at radius 1 is 1.25 bits per heavy atom. The van der Waals surface area contributed by atoms with E-state index >= 15 is 0 Å². The topological polar surface area (TPSA) is 55.6 Å². The number of fused-ring (bicyclic) bond motifs is 1. The van der Waals surface area contributed by atoms with Crippen LogP contribution < -0.4 is 5.32 Å². The predicted molar refractivity (Wildman–Crippen MR) is 82.2 cm³/mol. The summed E-state index contributed by atoms with van der Waals surface area (Å²) in [6, 6.07) is 8.17. The number of benzene rings is 1. The first-order valence-corrected chi connectivity index (χ1v) is 7.48. The van der Waals surface area contributed by atoms with Crippen LogP contribution in [0.1, 0.15) is 24.9 Å². The van der Waals surface area contributed by atoms with Gasteiger partial charge < -0.3 is 9.88 Å². The van der Waals surface area contributed by atoms with Gasteiger partial charge in [0.15, 0.2) is 5.82 Å². The second-order valence-electron chi connectivity index (χ2n) is 4.74. The molecule has 3 aromatic rings. The Kier molecular flexibility index (Phi) is 3.64. The molecule has 2 heterocycles. The molecule has 0 aliphatic carbocycles. The van der Waals surface area contributed by atoms with Gasteiger partial charge in [0.05, 0.1) is 29.2 Å². The van der Waals surface area contributed by atoms with E-state index in [4.69, 9.17) is 0 Å². The monoisotopic (exact) mass is 287 g/mol. The summed E-state index contributed by atoms with van der Waals surface area (Å²) in [6.07, 6.45) is 1.77. The molecule has 0 amide bonds. The molecular formula is C14H17N5S. The largest absolute Gasteiger partial charge is 0.368 e. The SMILES string of the molecule is CCCNc1nsnc1Cc1nc2ccccc2n1C. The molecule has 2 aromatic heterocycles. The van der Waals surface area contributed by atoms with Gasteiger partial charge in [-0.05, 0) is 18.6 Å². The highest BCUT2D eigenvalue weighted by Gasteiger charge is 2.13. The van der Waals surface area contributed by atoms with E-state index in [1.807, 2.05) is 25.2 Å². The van der Waals surface area contributed by atoms with Crippen LogP contribution in [0, 0.1) is 0 Å². The molecule has 20 heavy (non-hydrogen) atoms. The van der Waals surface area contributed by atoms with Gasteiger partial charge in [-0.15, -0.1) is 0 Å². The molecule has 1 aromatic carbocycles. The Bertz CT molecular complexity index is 715. The van der Waals surface area contributed by atoms with Gasteiger partial charge in [-0.3, -0.25) is 0 Å². The number of imidazole rings is 1. The first-order valence-electron chi connectivity index (χ1n) is 6.75. The van der Waals surface area contributed by atoms with Crippen LogP contribution in [0.25, 0.3) is 11.0 Å². The molecule has 0 saturated heterocycles. The van der Waals surface area contributed by atoms with E-state index in [0.717, 1.165) is 41.3 Å². The maximum Gasteiger partial charge on any atom is 0.163 e. The van der Waals surface area contributed by atoms with Gasteiger partial charge in [-0.2, -0.15) is 8.75 Å². The van der Waals surface area contributed by atoms with E-state index in [1.54, 1.807) is 0 Å². The van der Waals surface area contributed by atoms with Gasteiger partial charge in [0.25, 0.3) is 0 Å². The summed E-state index contributed by atoms with van der Waals surface area (Å²) in [5.74, 6) is 1.90. The lowest BCUT2D eigenvalue weighted by Crippen LogP contribution is -2.05. The van der Waals surface area contributed by atoms with Crippen molar-refractivity contribution in [1.29, 1.82) is 0 Å². The highest BCUT2D eigenvalue weighted by molar-refractivity contribution is 6.99. The number of nitrogens with zero attached hydrogens (tertiary/aromatic N) is 4. The van der Waals surface area contributed by atoms with E-state index in [-0.39, 0.29) is 0 Å². The zero-order valence-corrected chi connectivity index (χ0v) is 12.4. The molecule has 0 aliphatic heterocycles. The molecular weight excluding hydrogens is 270 g/mol. The standard InChI is InChI=1S/C14H17N5S/c1-3-8-15-14-11(17-20-18-14)9-13-16-10-6-4-5-7-12(10)19(13)2/h4-7H,3,8-9H2,1-2H3,(H,15,18). The van der Waals surface area contributed by atoms with Gasteiger partial charge in [0, 0.05) is 13.6 Å². The first-order chi connectivity index (χ1) is 9.79. The van der Waals surface area contributed by atoms with Gasteiger partial charge in [0.2, 0.25) is 0 Å². The van der Waals surface area contributed by atoms with Gasteiger partial charge in [0.1, 0.15) is 11.5 Å². The smallest absolute Gasteiger partial charge is 0.163 e. The average Bonchev–Trinajstić information content (AvgIpc) is 3.03. The zero-order chi connectivity index (χ0) is 13.9. The molecule has 0 aliphatic rings. The normalized spacial score (nSPS) is 11.1. The average molecular weight is 287 g/mol. The highest BCUT2D eigenvalue weighted by atomic mass is 32.1. The summed E-state index contributed by atoms with van der Waals surface area (Å²) in [5.41, 5.74) is 3.15. The summed E-state index contributed by atoms with van der Waals surface area (Å²) in [5, 5.41) is 3.32. The number of hydrogen-bond donors (Lipinski definition) is 1. The van der Waals surface area contributed by atoms with Crippen molar-refractivity contribution in [2.24, 2.45) is 7.05 Å². The second kappa shape index (κ2) is 5.58. The quantitative estimate of drug-likeness (QED) is 0.784. The molecule has 0 spiro atoms. The molecule has 1 N–H and O–H groups in total. The van der Waals surface area contributed by atoms with E-state index < -0.39 is 0 Å². The molecule has 6 heteroatoms. The number of aromatic nitrogens is 4. The third-order valence-electron chi connectivity index (χ3n) is 3.30. The summed E-state index contributed by atoms with van der Waals surface area (Å²) in [4.78, 5) is 4.68. The highest BCUT2D eigenvalue weighted by Crippen LogP contribution is 2.20. The number of nitrogens with one attached hydrogen (secondary N) is 1. The summed E-state index contributed by atoms with van der Waals surface area (Å²) < 4.78 is 10.8. The maximum absolute atomic E-state index is 4.68. The van der Waals surface area contributed by atoms with E-state index in [2.05, 4.69) is 36.6 Å². The van der Waals surface area contributed by atoms with Crippen molar-refractivity contribution < 1.29 is 0 Å². The van der Waals surface area contributed by atoms with Crippen molar-refractivity contribution in [1.82, 2.24) is 18.3 Å². The first kappa shape index (κ1) is 13.1. The third-order valence-corrected chi connectivity index (χ3v) is 3.87. The van der Waals surface area contributed by atoms with E-state index in [0.29, 0.717) is 6.42 Å². The van der Waals surface area contributed by atoms with E-state index in [1.165, 1.54) is 11.7 Å². The van der Waals surface area contributed by atoms with Crippen molar-refractivity contribution >= 4 is 28.6 Å². The Morgan fingerprint density at radius 3 is 2.90 bits per heavy atom. The molecule has 104 valence electrons. The predicted octanol–water partition coefficient (Wildman–Crippen LogP) is 2.84. The minimum Gasteiger partial charge on any atom is -0.368 e. The fourth-order valence-electron chi connectivity index (χ4n) is 2.20. The molecule has 0 radical (unpaired) electrons. The van der Waals surface area contributed by atoms with Crippen LogP contribution in [0.5, 0.6) is 0 Å². The zero-order valence-electron chi connectivity index (χ0n) is 11.6. The Morgan fingerprint density at radius 2 is 2.10 bits per heavy atom. The van der Waals surface area contributed by atoms with Gasteiger partial charge >= 0.3 is 0 Å². The number of rotatable bonds is 5. The number of anilines is 1. The molecule has 3 rings (SSSR count). The van der Waals surface area contributed by atoms with Crippen LogP contribution in [0.15, 0.2) is 24.3 Å². The number of para-hydroxylation sites is 2. The summed E-state index contributed by atoms with van der Waals surface area (Å²) >= 11 is 1.25. The third kappa shape index (κ3) is 2.38. The van der Waals surface area contributed by atoms with Crippen molar-refractivity contribution in [3.05, 3.63) is 35.8 Å². The van der Waals surface area contributed by atoms with E-state index in [9.17, 15) is 0 Å². The molecule has 0 saturated carbocycles. The van der Waals surface area contributed by atoms with Crippen LogP contribution in [-0.4, -0.2) is 24.8 Å². The minimum atomic E-state index is 0.702. The maximum atomic E-state index is 4.68. The second-order valence-corrected chi connectivity index (χ2v) is 5.27. The number of aryl methyl sites for hydroxylation is 1. The fourth-order valence-corrected chi connectivity index (χ4v) is 2.75. The number of hydrogen-bond acceptors (Lipinski definition) is 5. The van der Waals surface area contributed by atoms with Crippen molar-refractivity contribution in [2.45, 2.75) is 19.8 Å². The van der Waals surface area contributed by atoms with Crippen molar-refractivity contribution in [3.63, 3.8) is 0 Å². The summed E-state index contributed by atoms with van der Waals surface area (Å²) in [7, 11) is 2.05. The minimum absolute atomic E-state index is 0.702. The molecule has 0 unspecified atom stereocenters. The Balaban J connectivity index is 1.89. The Labute approximate surface area is 122 Å². The van der Waals surface area contributed by atoms with Crippen molar-refractivity contribution in [2.75, 3.05) is 11.9 Å². The van der Waals surface area contributed by atoms with Crippen LogP contribution in [0.4, 0.5) is 5.82 Å². The van der Waals surface area contributed by atoms with Crippen LogP contribution >= 0.6 is 11.7 Å². The molecule has 0 atom stereocenters. The van der Waals surface area contributed by atoms with Crippen LogP contribution in [0.2, 0.25) is 0 Å². The van der Waals surface area contributed by atoms with Crippen LogP contribution in [-0.2, 0) is 13.5 Å². The lowest BCUT2D eigenvalue weighted by molar-refractivity contribution is 0.836. The molecule has 5 nitrogen and oxygen atoms in total. The van der Waals surface area contributed by atoms with Gasteiger partial charge in [-0.25, -0.2) is 4.98 Å². The molecule has 0 fully saturated rings.